The first-order valence-electron chi connectivity index (χ1n) is 5.57. The lowest BCUT2D eigenvalue weighted by Crippen LogP contribution is -2.25. The van der Waals surface area contributed by atoms with Gasteiger partial charge in [-0.15, -0.1) is 0 Å². The number of hydrogen-bond acceptors (Lipinski definition) is 4. The molecule has 1 heterocycles. The van der Waals surface area contributed by atoms with Crippen molar-refractivity contribution in [3.63, 3.8) is 0 Å². The summed E-state index contributed by atoms with van der Waals surface area (Å²) in [5.41, 5.74) is 0.516. The van der Waals surface area contributed by atoms with Gasteiger partial charge in [0, 0.05) is 25.6 Å². The second kappa shape index (κ2) is 5.31. The number of nitrogens with one attached hydrogen (secondary N) is 1. The summed E-state index contributed by atoms with van der Waals surface area (Å²) in [6.45, 7) is 0.476. The van der Waals surface area contributed by atoms with Crippen LogP contribution in [0.5, 0.6) is 5.75 Å². The van der Waals surface area contributed by atoms with Gasteiger partial charge in [0.25, 0.3) is 5.91 Å². The molecule has 0 spiro atoms. The molecule has 0 atom stereocenters. The number of aromatic nitrogens is 3. The van der Waals surface area contributed by atoms with Crippen molar-refractivity contribution in [3.8, 4) is 5.75 Å². The molecule has 0 aliphatic carbocycles. The van der Waals surface area contributed by atoms with Crippen molar-refractivity contribution in [1.82, 2.24) is 20.1 Å². The van der Waals surface area contributed by atoms with E-state index >= 15 is 0 Å². The summed E-state index contributed by atoms with van der Waals surface area (Å²) in [5.74, 6) is 0.665. The number of phenols is 1. The van der Waals surface area contributed by atoms with Crippen molar-refractivity contribution in [2.24, 2.45) is 7.05 Å². The maximum absolute atomic E-state index is 11.7. The van der Waals surface area contributed by atoms with Crippen molar-refractivity contribution < 1.29 is 9.90 Å². The summed E-state index contributed by atoms with van der Waals surface area (Å²) < 4.78 is 1.62. The van der Waals surface area contributed by atoms with Gasteiger partial charge in [-0.2, -0.15) is 5.10 Å². The Labute approximate surface area is 104 Å². The highest BCUT2D eigenvalue weighted by atomic mass is 16.3. The number of aromatic hydroxyl groups is 1. The molecule has 2 aromatic rings. The molecule has 0 fully saturated rings. The first kappa shape index (κ1) is 12.1. The molecule has 0 saturated heterocycles. The van der Waals surface area contributed by atoms with Crippen molar-refractivity contribution in [2.75, 3.05) is 6.54 Å². The van der Waals surface area contributed by atoms with E-state index in [1.54, 1.807) is 30.2 Å². The van der Waals surface area contributed by atoms with Crippen LogP contribution in [0.1, 0.15) is 16.2 Å². The molecule has 0 bridgehead atoms. The van der Waals surface area contributed by atoms with Crippen LogP contribution in [0.4, 0.5) is 0 Å². The van der Waals surface area contributed by atoms with Crippen LogP contribution in [-0.4, -0.2) is 32.3 Å². The van der Waals surface area contributed by atoms with Crippen molar-refractivity contribution >= 4 is 5.91 Å². The van der Waals surface area contributed by atoms with Crippen molar-refractivity contribution in [2.45, 2.75) is 6.42 Å². The number of rotatable bonds is 4. The Kier molecular flexibility index (Phi) is 3.57. The molecule has 1 aromatic carbocycles. The third-order valence-electron chi connectivity index (χ3n) is 2.41. The minimum atomic E-state index is -0.175. The van der Waals surface area contributed by atoms with Crippen LogP contribution < -0.4 is 5.32 Å². The molecule has 0 radical (unpaired) electrons. The maximum Gasteiger partial charge on any atom is 0.251 e. The Bertz CT molecular complexity index is 533. The van der Waals surface area contributed by atoms with E-state index in [9.17, 15) is 4.79 Å². The quantitative estimate of drug-likeness (QED) is 0.823. The predicted octanol–water partition coefficient (Wildman–Crippen LogP) is 0.493. The topological polar surface area (TPSA) is 80.0 Å². The largest absolute Gasteiger partial charge is 0.508 e. The van der Waals surface area contributed by atoms with Gasteiger partial charge in [0.15, 0.2) is 5.82 Å². The van der Waals surface area contributed by atoms with E-state index in [-0.39, 0.29) is 11.7 Å². The summed E-state index contributed by atoms with van der Waals surface area (Å²) in [7, 11) is 1.80. The highest BCUT2D eigenvalue weighted by Crippen LogP contribution is 2.09. The van der Waals surface area contributed by atoms with Gasteiger partial charge in [-0.05, 0) is 24.3 Å². The fourth-order valence-corrected chi connectivity index (χ4v) is 1.50. The standard InChI is InChI=1S/C12H14N4O2/c1-16-8-14-11(15-16)6-7-13-12(18)9-2-4-10(17)5-3-9/h2-5,8,17H,6-7H2,1H3,(H,13,18). The van der Waals surface area contributed by atoms with E-state index in [4.69, 9.17) is 5.11 Å². The lowest BCUT2D eigenvalue weighted by molar-refractivity contribution is 0.0954. The third kappa shape index (κ3) is 3.07. The van der Waals surface area contributed by atoms with E-state index in [0.717, 1.165) is 0 Å². The zero-order valence-electron chi connectivity index (χ0n) is 10.00. The minimum absolute atomic E-state index is 0.143. The first-order valence-corrected chi connectivity index (χ1v) is 5.57. The molecule has 6 heteroatoms. The third-order valence-corrected chi connectivity index (χ3v) is 2.41. The van der Waals surface area contributed by atoms with Crippen LogP contribution in [0.2, 0.25) is 0 Å². The van der Waals surface area contributed by atoms with Gasteiger partial charge >= 0.3 is 0 Å². The first-order chi connectivity index (χ1) is 8.65. The Balaban J connectivity index is 1.83. The molecule has 0 unspecified atom stereocenters. The van der Waals surface area contributed by atoms with E-state index < -0.39 is 0 Å². The molecular formula is C12H14N4O2. The van der Waals surface area contributed by atoms with Gasteiger partial charge in [0.05, 0.1) is 0 Å². The average Bonchev–Trinajstić information content (AvgIpc) is 2.76. The van der Waals surface area contributed by atoms with Crippen molar-refractivity contribution in [1.29, 1.82) is 0 Å². The maximum atomic E-state index is 11.7. The van der Waals surface area contributed by atoms with Gasteiger partial charge < -0.3 is 10.4 Å². The molecule has 2 N–H and O–H groups in total. The van der Waals surface area contributed by atoms with Crippen molar-refractivity contribution in [3.05, 3.63) is 42.0 Å². The van der Waals surface area contributed by atoms with Gasteiger partial charge in [-0.3, -0.25) is 9.48 Å². The number of carbonyl (C=O) groups is 1. The molecule has 18 heavy (non-hydrogen) atoms. The number of carbonyl (C=O) groups excluding carboxylic acids is 1. The fourth-order valence-electron chi connectivity index (χ4n) is 1.50. The normalized spacial score (nSPS) is 10.3. The lowest BCUT2D eigenvalue weighted by atomic mass is 10.2. The summed E-state index contributed by atoms with van der Waals surface area (Å²) in [5, 5.41) is 16.0. The number of amides is 1. The van der Waals surface area contributed by atoms with Gasteiger partial charge in [-0.1, -0.05) is 0 Å². The monoisotopic (exact) mass is 246 g/mol. The highest BCUT2D eigenvalue weighted by molar-refractivity contribution is 5.94. The zero-order chi connectivity index (χ0) is 13.0. The lowest BCUT2D eigenvalue weighted by Gasteiger charge is -2.03. The van der Waals surface area contributed by atoms with E-state index in [1.807, 2.05) is 0 Å². The molecule has 6 nitrogen and oxygen atoms in total. The van der Waals surface area contributed by atoms with Crippen LogP contribution in [0.3, 0.4) is 0 Å². The fraction of sp³-hybridized carbons (Fsp3) is 0.250. The SMILES string of the molecule is Cn1cnc(CCNC(=O)c2ccc(O)cc2)n1. The number of hydrogen-bond donors (Lipinski definition) is 2. The van der Waals surface area contributed by atoms with E-state index in [1.165, 1.54) is 12.1 Å². The van der Waals surface area contributed by atoms with Crippen LogP contribution in [0.25, 0.3) is 0 Å². The molecule has 1 aromatic heterocycles. The molecular weight excluding hydrogens is 232 g/mol. The number of nitrogens with zero attached hydrogens (tertiary/aromatic N) is 3. The van der Waals surface area contributed by atoms with Gasteiger partial charge in [0.2, 0.25) is 0 Å². The second-order valence-corrected chi connectivity index (χ2v) is 3.89. The summed E-state index contributed by atoms with van der Waals surface area (Å²) in [6, 6.07) is 6.11. The molecule has 2 rings (SSSR count). The summed E-state index contributed by atoms with van der Waals surface area (Å²) in [4.78, 5) is 15.8. The van der Waals surface area contributed by atoms with Crippen LogP contribution in [-0.2, 0) is 13.5 Å². The van der Waals surface area contributed by atoms with Crippen LogP contribution in [0.15, 0.2) is 30.6 Å². The molecule has 0 saturated carbocycles. The molecule has 0 aliphatic rings. The highest BCUT2D eigenvalue weighted by Gasteiger charge is 2.05. The Morgan fingerprint density at radius 2 is 2.11 bits per heavy atom. The minimum Gasteiger partial charge on any atom is -0.508 e. The number of benzene rings is 1. The Hall–Kier alpha value is -2.37. The van der Waals surface area contributed by atoms with Crippen LogP contribution >= 0.6 is 0 Å². The van der Waals surface area contributed by atoms with Gasteiger partial charge in [-0.25, -0.2) is 4.98 Å². The smallest absolute Gasteiger partial charge is 0.251 e. The average molecular weight is 246 g/mol. The zero-order valence-corrected chi connectivity index (χ0v) is 10.00. The second-order valence-electron chi connectivity index (χ2n) is 3.89. The van der Waals surface area contributed by atoms with Crippen LogP contribution in [0, 0.1) is 0 Å². The Morgan fingerprint density at radius 1 is 1.39 bits per heavy atom. The molecule has 1 amide bonds. The summed E-state index contributed by atoms with van der Waals surface area (Å²) in [6.07, 6.45) is 2.21. The van der Waals surface area contributed by atoms with E-state index in [0.29, 0.717) is 24.4 Å². The molecule has 94 valence electrons. The summed E-state index contributed by atoms with van der Waals surface area (Å²) >= 11 is 0. The van der Waals surface area contributed by atoms with Gasteiger partial charge in [0.1, 0.15) is 12.1 Å². The van der Waals surface area contributed by atoms with E-state index in [2.05, 4.69) is 15.4 Å². The Morgan fingerprint density at radius 3 is 2.72 bits per heavy atom. The predicted molar refractivity (Wildman–Crippen MR) is 65.1 cm³/mol. The number of phenolic OH excluding ortho intramolecular Hbond substituents is 1. The molecule has 0 aliphatic heterocycles. The number of aryl methyl sites for hydroxylation is 1.